The van der Waals surface area contributed by atoms with Gasteiger partial charge >= 0.3 is 5.97 Å². The number of carboxylic acids is 1. The van der Waals surface area contributed by atoms with Gasteiger partial charge in [-0.25, -0.2) is 4.79 Å². The Morgan fingerprint density at radius 1 is 1.40 bits per heavy atom. The van der Waals surface area contributed by atoms with E-state index in [-0.39, 0.29) is 18.0 Å². The first kappa shape index (κ1) is 16.0. The lowest BCUT2D eigenvalue weighted by Gasteiger charge is -2.21. The van der Waals surface area contributed by atoms with Crippen LogP contribution < -0.4 is 10.2 Å². The van der Waals surface area contributed by atoms with Crippen LogP contribution in [0.5, 0.6) is 0 Å². The third kappa shape index (κ3) is 4.55. The molecule has 1 amide bonds. The first-order chi connectivity index (χ1) is 9.45. The monoisotopic (exact) mass is 280 g/mol. The molecule has 20 heavy (non-hydrogen) atoms. The third-order valence-electron chi connectivity index (χ3n) is 2.80. The van der Waals surface area contributed by atoms with Crippen LogP contribution in [-0.2, 0) is 9.53 Å². The summed E-state index contributed by atoms with van der Waals surface area (Å²) in [6, 6.07) is 5.04. The Bertz CT molecular complexity index is 488. The highest BCUT2D eigenvalue weighted by atomic mass is 16.5. The second-order valence-electron chi connectivity index (χ2n) is 4.52. The molecule has 0 heterocycles. The minimum atomic E-state index is -1.01. The van der Waals surface area contributed by atoms with Crippen LogP contribution in [0.25, 0.3) is 0 Å². The van der Waals surface area contributed by atoms with Gasteiger partial charge in [-0.2, -0.15) is 0 Å². The molecule has 0 spiro atoms. The molecule has 6 nitrogen and oxygen atoms in total. The molecule has 1 aromatic rings. The van der Waals surface area contributed by atoms with Gasteiger partial charge in [-0.15, -0.1) is 0 Å². The zero-order chi connectivity index (χ0) is 15.1. The number of likely N-dealkylation sites (N-methyl/N-ethyl adjacent to an activating group) is 1. The second kappa shape index (κ2) is 7.49. The molecule has 0 saturated carbocycles. The zero-order valence-corrected chi connectivity index (χ0v) is 12.0. The number of anilines is 1. The van der Waals surface area contributed by atoms with Crippen molar-refractivity contribution < 1.29 is 19.4 Å². The number of nitrogens with zero attached hydrogens (tertiary/aromatic N) is 1. The van der Waals surface area contributed by atoms with Crippen LogP contribution in [0.2, 0.25) is 0 Å². The SMILES string of the molecule is COCCNC(=O)CN(C)c1cc(C)ccc1C(=O)O. The van der Waals surface area contributed by atoms with Crippen LogP contribution in [0.1, 0.15) is 15.9 Å². The maximum absolute atomic E-state index is 11.7. The summed E-state index contributed by atoms with van der Waals surface area (Å²) in [5.41, 5.74) is 1.65. The number of amides is 1. The number of nitrogens with one attached hydrogen (secondary N) is 1. The van der Waals surface area contributed by atoms with Gasteiger partial charge in [0.1, 0.15) is 0 Å². The maximum atomic E-state index is 11.7. The Balaban J connectivity index is 2.76. The van der Waals surface area contributed by atoms with Gasteiger partial charge in [0.2, 0.25) is 5.91 Å². The van der Waals surface area contributed by atoms with Crippen molar-refractivity contribution in [3.63, 3.8) is 0 Å². The Kier molecular flexibility index (Phi) is 5.99. The quantitative estimate of drug-likeness (QED) is 0.725. The van der Waals surface area contributed by atoms with Crippen molar-refractivity contribution in [2.75, 3.05) is 38.8 Å². The van der Waals surface area contributed by atoms with E-state index in [9.17, 15) is 9.59 Å². The highest BCUT2D eigenvalue weighted by Crippen LogP contribution is 2.21. The van der Waals surface area contributed by atoms with E-state index in [1.807, 2.05) is 6.92 Å². The minimum Gasteiger partial charge on any atom is -0.478 e. The third-order valence-corrected chi connectivity index (χ3v) is 2.80. The Labute approximate surface area is 118 Å². The van der Waals surface area contributed by atoms with Gasteiger partial charge in [-0.1, -0.05) is 6.07 Å². The molecule has 110 valence electrons. The van der Waals surface area contributed by atoms with Gasteiger partial charge in [-0.3, -0.25) is 4.79 Å². The fourth-order valence-electron chi connectivity index (χ4n) is 1.79. The Morgan fingerprint density at radius 3 is 2.70 bits per heavy atom. The summed E-state index contributed by atoms with van der Waals surface area (Å²) in [7, 11) is 3.25. The fraction of sp³-hybridized carbons (Fsp3) is 0.429. The topological polar surface area (TPSA) is 78.9 Å². The van der Waals surface area contributed by atoms with Crippen molar-refractivity contribution in [1.29, 1.82) is 0 Å². The van der Waals surface area contributed by atoms with Crippen LogP contribution in [0, 0.1) is 6.92 Å². The van der Waals surface area contributed by atoms with E-state index in [1.165, 1.54) is 0 Å². The number of methoxy groups -OCH3 is 1. The first-order valence-corrected chi connectivity index (χ1v) is 6.26. The van der Waals surface area contributed by atoms with Gasteiger partial charge in [0, 0.05) is 20.7 Å². The molecule has 1 aromatic carbocycles. The number of benzene rings is 1. The number of ether oxygens (including phenoxy) is 1. The lowest BCUT2D eigenvalue weighted by atomic mass is 10.1. The molecule has 1 rings (SSSR count). The second-order valence-corrected chi connectivity index (χ2v) is 4.52. The molecule has 0 saturated heterocycles. The number of carboxylic acid groups (broad SMARTS) is 1. The predicted molar refractivity (Wildman–Crippen MR) is 76.3 cm³/mol. The summed E-state index contributed by atoms with van der Waals surface area (Å²) in [6.45, 7) is 2.85. The number of aromatic carboxylic acids is 1. The molecule has 2 N–H and O–H groups in total. The summed E-state index contributed by atoms with van der Waals surface area (Å²) in [4.78, 5) is 24.5. The van der Waals surface area contributed by atoms with Crippen LogP contribution in [0.4, 0.5) is 5.69 Å². The minimum absolute atomic E-state index is 0.0907. The number of carbonyl (C=O) groups excluding carboxylic acids is 1. The van der Waals surface area contributed by atoms with Crippen molar-refractivity contribution in [2.45, 2.75) is 6.92 Å². The average molecular weight is 280 g/mol. The van der Waals surface area contributed by atoms with Crippen molar-refractivity contribution in [1.82, 2.24) is 5.32 Å². The molecule has 6 heteroatoms. The number of aryl methyl sites for hydroxylation is 1. The number of rotatable bonds is 7. The number of hydrogen-bond acceptors (Lipinski definition) is 4. The van der Waals surface area contributed by atoms with Crippen LogP contribution >= 0.6 is 0 Å². The molecule has 0 bridgehead atoms. The largest absolute Gasteiger partial charge is 0.478 e. The zero-order valence-electron chi connectivity index (χ0n) is 12.0. The van der Waals surface area contributed by atoms with E-state index in [0.717, 1.165) is 5.56 Å². The molecule has 0 atom stereocenters. The smallest absolute Gasteiger partial charge is 0.337 e. The van der Waals surface area contributed by atoms with Gasteiger partial charge in [0.25, 0.3) is 0 Å². The molecular formula is C14H20N2O4. The van der Waals surface area contributed by atoms with Gasteiger partial charge < -0.3 is 20.1 Å². The predicted octanol–water partition coefficient (Wildman–Crippen LogP) is 0.892. The molecule has 0 radical (unpaired) electrons. The van der Waals surface area contributed by atoms with E-state index >= 15 is 0 Å². The molecule has 0 unspecified atom stereocenters. The molecule has 0 fully saturated rings. The standard InChI is InChI=1S/C14H20N2O4/c1-10-4-5-11(14(18)19)12(8-10)16(2)9-13(17)15-6-7-20-3/h4-5,8H,6-7,9H2,1-3H3,(H,15,17)(H,18,19). The van der Waals surface area contributed by atoms with E-state index in [2.05, 4.69) is 5.32 Å². The summed E-state index contributed by atoms with van der Waals surface area (Å²) < 4.78 is 4.84. The summed E-state index contributed by atoms with van der Waals surface area (Å²) >= 11 is 0. The average Bonchev–Trinajstić information content (AvgIpc) is 2.38. The summed E-state index contributed by atoms with van der Waals surface area (Å²) in [5.74, 6) is -1.19. The van der Waals surface area contributed by atoms with Crippen molar-refractivity contribution >= 4 is 17.6 Å². The molecular weight excluding hydrogens is 260 g/mol. The highest BCUT2D eigenvalue weighted by molar-refractivity contribution is 5.95. The molecule has 0 aliphatic carbocycles. The lowest BCUT2D eigenvalue weighted by molar-refractivity contribution is -0.119. The van der Waals surface area contributed by atoms with Crippen molar-refractivity contribution in [3.05, 3.63) is 29.3 Å². The van der Waals surface area contributed by atoms with E-state index in [0.29, 0.717) is 18.8 Å². The van der Waals surface area contributed by atoms with Crippen molar-refractivity contribution in [2.24, 2.45) is 0 Å². The van der Waals surface area contributed by atoms with Crippen LogP contribution in [0.15, 0.2) is 18.2 Å². The van der Waals surface area contributed by atoms with Crippen molar-refractivity contribution in [3.8, 4) is 0 Å². The number of hydrogen-bond donors (Lipinski definition) is 2. The molecule has 0 aliphatic heterocycles. The van der Waals surface area contributed by atoms with E-state index < -0.39 is 5.97 Å². The highest BCUT2D eigenvalue weighted by Gasteiger charge is 2.15. The fourth-order valence-corrected chi connectivity index (χ4v) is 1.79. The van der Waals surface area contributed by atoms with Gasteiger partial charge in [0.15, 0.2) is 0 Å². The van der Waals surface area contributed by atoms with Crippen LogP contribution in [0.3, 0.4) is 0 Å². The molecule has 0 aliphatic rings. The number of carbonyl (C=O) groups is 2. The Morgan fingerprint density at radius 2 is 2.10 bits per heavy atom. The van der Waals surface area contributed by atoms with Crippen LogP contribution in [-0.4, -0.2) is 50.8 Å². The molecule has 0 aromatic heterocycles. The summed E-state index contributed by atoms with van der Waals surface area (Å²) in [6.07, 6.45) is 0. The van der Waals surface area contributed by atoms with Gasteiger partial charge in [-0.05, 0) is 24.6 Å². The summed E-state index contributed by atoms with van der Waals surface area (Å²) in [5, 5.41) is 11.9. The maximum Gasteiger partial charge on any atom is 0.337 e. The Hall–Kier alpha value is -2.08. The van der Waals surface area contributed by atoms with E-state index in [4.69, 9.17) is 9.84 Å². The van der Waals surface area contributed by atoms with Gasteiger partial charge in [0.05, 0.1) is 24.4 Å². The van der Waals surface area contributed by atoms with E-state index in [1.54, 1.807) is 37.3 Å². The first-order valence-electron chi connectivity index (χ1n) is 6.26. The normalized spacial score (nSPS) is 10.2. The lowest BCUT2D eigenvalue weighted by Crippen LogP contribution is -2.37.